The number of carbonyl (C=O) groups is 1. The van der Waals surface area contributed by atoms with E-state index in [4.69, 9.17) is 9.84 Å². The van der Waals surface area contributed by atoms with Crippen molar-refractivity contribution in [3.05, 3.63) is 0 Å². The summed E-state index contributed by atoms with van der Waals surface area (Å²) in [6, 6.07) is 0. The molecule has 1 rings (SSSR count). The molecule has 0 atom stereocenters. The van der Waals surface area contributed by atoms with Crippen LogP contribution in [0.5, 0.6) is 0 Å². The van der Waals surface area contributed by atoms with Crippen LogP contribution in [-0.2, 0) is 9.53 Å². The standard InChI is InChI=1S/C12H23NO3/c14-12(15)4-2-1-3-9-16-10-11-5-7-13-8-6-11/h11,13H,1-10H2,(H,14,15). The van der Waals surface area contributed by atoms with Crippen molar-refractivity contribution in [2.75, 3.05) is 26.3 Å². The second kappa shape index (κ2) is 8.53. The Morgan fingerprint density at radius 2 is 2.00 bits per heavy atom. The lowest BCUT2D eigenvalue weighted by Crippen LogP contribution is -2.30. The average molecular weight is 229 g/mol. The first-order valence-electron chi connectivity index (χ1n) is 6.29. The van der Waals surface area contributed by atoms with Crippen molar-refractivity contribution < 1.29 is 14.6 Å². The number of carboxylic acids is 1. The number of rotatable bonds is 8. The zero-order valence-electron chi connectivity index (χ0n) is 9.91. The number of nitrogens with one attached hydrogen (secondary N) is 1. The fourth-order valence-electron chi connectivity index (χ4n) is 1.96. The lowest BCUT2D eigenvalue weighted by molar-refractivity contribution is -0.137. The Morgan fingerprint density at radius 1 is 1.25 bits per heavy atom. The normalized spacial score (nSPS) is 17.5. The highest BCUT2D eigenvalue weighted by molar-refractivity contribution is 5.66. The van der Waals surface area contributed by atoms with Crippen molar-refractivity contribution >= 4 is 5.97 Å². The SMILES string of the molecule is O=C(O)CCCCCOCC1CCNCC1. The molecule has 1 heterocycles. The third-order valence-electron chi connectivity index (χ3n) is 2.99. The Bertz CT molecular complexity index is 191. The van der Waals surface area contributed by atoms with E-state index < -0.39 is 5.97 Å². The summed E-state index contributed by atoms with van der Waals surface area (Å²) < 4.78 is 5.60. The fraction of sp³-hybridized carbons (Fsp3) is 0.917. The first-order chi connectivity index (χ1) is 7.79. The highest BCUT2D eigenvalue weighted by atomic mass is 16.5. The first-order valence-corrected chi connectivity index (χ1v) is 6.29. The molecular formula is C12H23NO3. The van der Waals surface area contributed by atoms with Gasteiger partial charge in [-0.05, 0) is 44.7 Å². The highest BCUT2D eigenvalue weighted by Gasteiger charge is 2.12. The number of unbranched alkanes of at least 4 members (excludes halogenated alkanes) is 2. The molecule has 0 amide bonds. The Morgan fingerprint density at radius 3 is 2.69 bits per heavy atom. The van der Waals surface area contributed by atoms with Gasteiger partial charge in [-0.2, -0.15) is 0 Å². The van der Waals surface area contributed by atoms with Gasteiger partial charge in [0.05, 0.1) is 0 Å². The summed E-state index contributed by atoms with van der Waals surface area (Å²) in [4.78, 5) is 10.3. The van der Waals surface area contributed by atoms with Crippen molar-refractivity contribution in [1.29, 1.82) is 0 Å². The van der Waals surface area contributed by atoms with Crippen LogP contribution in [0.2, 0.25) is 0 Å². The molecule has 2 N–H and O–H groups in total. The number of hydrogen-bond donors (Lipinski definition) is 2. The van der Waals surface area contributed by atoms with E-state index in [1.165, 1.54) is 12.8 Å². The molecule has 0 aromatic carbocycles. The van der Waals surface area contributed by atoms with Gasteiger partial charge in [-0.3, -0.25) is 4.79 Å². The van der Waals surface area contributed by atoms with Crippen molar-refractivity contribution in [3.8, 4) is 0 Å². The van der Waals surface area contributed by atoms with Crippen LogP contribution in [0.4, 0.5) is 0 Å². The smallest absolute Gasteiger partial charge is 0.303 e. The quantitative estimate of drug-likeness (QED) is 0.621. The monoisotopic (exact) mass is 229 g/mol. The van der Waals surface area contributed by atoms with E-state index in [9.17, 15) is 4.79 Å². The Balaban J connectivity index is 1.82. The van der Waals surface area contributed by atoms with Crippen LogP contribution in [0, 0.1) is 5.92 Å². The number of hydrogen-bond acceptors (Lipinski definition) is 3. The molecule has 1 saturated heterocycles. The molecule has 94 valence electrons. The highest BCUT2D eigenvalue weighted by Crippen LogP contribution is 2.12. The number of aliphatic carboxylic acids is 1. The van der Waals surface area contributed by atoms with Gasteiger partial charge in [0.1, 0.15) is 0 Å². The summed E-state index contributed by atoms with van der Waals surface area (Å²) in [7, 11) is 0. The van der Waals surface area contributed by atoms with Crippen molar-refractivity contribution in [3.63, 3.8) is 0 Å². The third-order valence-corrected chi connectivity index (χ3v) is 2.99. The van der Waals surface area contributed by atoms with Gasteiger partial charge in [0.15, 0.2) is 0 Å². The zero-order valence-corrected chi connectivity index (χ0v) is 9.91. The van der Waals surface area contributed by atoms with E-state index in [1.807, 2.05) is 0 Å². The lowest BCUT2D eigenvalue weighted by atomic mass is 9.99. The number of piperidine rings is 1. The van der Waals surface area contributed by atoms with E-state index in [1.54, 1.807) is 0 Å². The molecule has 16 heavy (non-hydrogen) atoms. The van der Waals surface area contributed by atoms with Crippen LogP contribution in [0.15, 0.2) is 0 Å². The van der Waals surface area contributed by atoms with Gasteiger partial charge in [-0.15, -0.1) is 0 Å². The minimum absolute atomic E-state index is 0.286. The molecule has 0 bridgehead atoms. The summed E-state index contributed by atoms with van der Waals surface area (Å²) in [6.45, 7) is 3.89. The van der Waals surface area contributed by atoms with Gasteiger partial charge >= 0.3 is 5.97 Å². The predicted molar refractivity (Wildman–Crippen MR) is 62.5 cm³/mol. The van der Waals surface area contributed by atoms with Gasteiger partial charge in [-0.1, -0.05) is 6.42 Å². The largest absolute Gasteiger partial charge is 0.481 e. The summed E-state index contributed by atoms with van der Waals surface area (Å²) >= 11 is 0. The second-order valence-corrected chi connectivity index (χ2v) is 4.47. The molecule has 0 radical (unpaired) electrons. The number of carboxylic acid groups (broad SMARTS) is 1. The van der Waals surface area contributed by atoms with Gasteiger partial charge < -0.3 is 15.2 Å². The number of ether oxygens (including phenoxy) is 1. The van der Waals surface area contributed by atoms with E-state index in [0.717, 1.165) is 51.5 Å². The van der Waals surface area contributed by atoms with E-state index in [-0.39, 0.29) is 6.42 Å². The molecule has 0 unspecified atom stereocenters. The summed E-state index contributed by atoms with van der Waals surface area (Å²) in [5, 5.41) is 11.8. The lowest BCUT2D eigenvalue weighted by Gasteiger charge is -2.22. The molecular weight excluding hydrogens is 206 g/mol. The van der Waals surface area contributed by atoms with Crippen LogP contribution in [-0.4, -0.2) is 37.4 Å². The third kappa shape index (κ3) is 6.80. The van der Waals surface area contributed by atoms with Crippen LogP contribution in [0.3, 0.4) is 0 Å². The Hall–Kier alpha value is -0.610. The van der Waals surface area contributed by atoms with Crippen LogP contribution in [0.1, 0.15) is 38.5 Å². The molecule has 4 nitrogen and oxygen atoms in total. The molecule has 1 fully saturated rings. The van der Waals surface area contributed by atoms with Crippen molar-refractivity contribution in [2.45, 2.75) is 38.5 Å². The van der Waals surface area contributed by atoms with Crippen LogP contribution >= 0.6 is 0 Å². The molecule has 1 aliphatic rings. The van der Waals surface area contributed by atoms with Crippen molar-refractivity contribution in [1.82, 2.24) is 5.32 Å². The Kier molecular flexibility index (Phi) is 7.17. The molecule has 0 saturated carbocycles. The minimum atomic E-state index is -0.698. The molecule has 0 aliphatic carbocycles. The van der Waals surface area contributed by atoms with Crippen LogP contribution in [0.25, 0.3) is 0 Å². The molecule has 0 spiro atoms. The first kappa shape index (κ1) is 13.5. The van der Waals surface area contributed by atoms with E-state index in [0.29, 0.717) is 0 Å². The second-order valence-electron chi connectivity index (χ2n) is 4.47. The predicted octanol–water partition coefficient (Wildman–Crippen LogP) is 1.65. The maximum absolute atomic E-state index is 10.3. The van der Waals surface area contributed by atoms with Gasteiger partial charge in [0.2, 0.25) is 0 Å². The summed E-state index contributed by atoms with van der Waals surface area (Å²) in [6.07, 6.45) is 5.44. The molecule has 0 aromatic rings. The Labute approximate surface area is 97.4 Å². The summed E-state index contributed by atoms with van der Waals surface area (Å²) in [5.74, 6) is 0.0240. The van der Waals surface area contributed by atoms with Gasteiger partial charge in [0.25, 0.3) is 0 Å². The van der Waals surface area contributed by atoms with Crippen molar-refractivity contribution in [2.24, 2.45) is 5.92 Å². The maximum atomic E-state index is 10.3. The minimum Gasteiger partial charge on any atom is -0.481 e. The maximum Gasteiger partial charge on any atom is 0.303 e. The average Bonchev–Trinajstić information content (AvgIpc) is 2.29. The van der Waals surface area contributed by atoms with Gasteiger partial charge in [-0.25, -0.2) is 0 Å². The summed E-state index contributed by atoms with van der Waals surface area (Å²) in [5.41, 5.74) is 0. The molecule has 1 aliphatic heterocycles. The topological polar surface area (TPSA) is 58.6 Å². The van der Waals surface area contributed by atoms with E-state index >= 15 is 0 Å². The molecule has 0 aromatic heterocycles. The van der Waals surface area contributed by atoms with Gasteiger partial charge in [0, 0.05) is 19.6 Å². The van der Waals surface area contributed by atoms with E-state index in [2.05, 4.69) is 5.32 Å². The molecule has 4 heteroatoms. The zero-order chi connectivity index (χ0) is 11.6. The fourth-order valence-corrected chi connectivity index (χ4v) is 1.96. The van der Waals surface area contributed by atoms with Crippen LogP contribution < -0.4 is 5.32 Å².